The molecule has 0 aromatic heterocycles. The highest BCUT2D eigenvalue weighted by molar-refractivity contribution is 7.53. The average molecular weight is 302 g/mol. The van der Waals surface area contributed by atoms with E-state index in [2.05, 4.69) is 26.0 Å². The van der Waals surface area contributed by atoms with E-state index in [9.17, 15) is 4.57 Å². The average Bonchev–Trinajstić information content (AvgIpc) is 2.25. The molecular weight excluding hydrogens is 275 g/mol. The Kier molecular flexibility index (Phi) is 7.37. The zero-order valence-corrected chi connectivity index (χ0v) is 14.0. The molecular formula is C11H27ClN2O3P+. The molecule has 7 heteroatoms. The minimum absolute atomic E-state index is 0.292. The van der Waals surface area contributed by atoms with Gasteiger partial charge in [-0.05, 0) is 32.0 Å². The zero-order valence-electron chi connectivity index (χ0n) is 12.3. The van der Waals surface area contributed by atoms with Gasteiger partial charge >= 0.3 is 7.60 Å². The lowest BCUT2D eigenvalue weighted by molar-refractivity contribution is -0.870. The second-order valence-corrected chi connectivity index (χ2v) is 8.57. The van der Waals surface area contributed by atoms with Crippen LogP contribution in [0.3, 0.4) is 0 Å². The van der Waals surface area contributed by atoms with Crippen LogP contribution in [0.4, 0.5) is 0 Å². The van der Waals surface area contributed by atoms with E-state index in [1.54, 1.807) is 0 Å². The molecule has 0 aliphatic rings. The molecule has 0 aliphatic heterocycles. The fourth-order valence-corrected chi connectivity index (χ4v) is 2.83. The van der Waals surface area contributed by atoms with Crippen LogP contribution in [-0.4, -0.2) is 57.6 Å². The van der Waals surface area contributed by atoms with Crippen LogP contribution in [0.2, 0.25) is 0 Å². The molecule has 0 bridgehead atoms. The molecule has 0 aliphatic carbocycles. The molecule has 0 aromatic rings. The fourth-order valence-electron chi connectivity index (χ4n) is 1.13. The third-order valence-corrected chi connectivity index (χ3v) is 5.01. The largest absolute Gasteiger partial charge is 0.330 e. The minimum Gasteiger partial charge on any atom is -0.329 e. The van der Waals surface area contributed by atoms with Crippen LogP contribution in [0.1, 0.15) is 20.3 Å². The number of rotatable bonds is 9. The van der Waals surface area contributed by atoms with Gasteiger partial charge < -0.3 is 13.5 Å². The Morgan fingerprint density at radius 3 is 2.28 bits per heavy atom. The van der Waals surface area contributed by atoms with E-state index in [0.29, 0.717) is 19.2 Å². The molecule has 0 rings (SSSR count). The Balaban J connectivity index is 4.24. The van der Waals surface area contributed by atoms with Crippen LogP contribution in [0.25, 0.3) is 0 Å². The van der Waals surface area contributed by atoms with Crippen molar-refractivity contribution >= 4 is 19.4 Å². The van der Waals surface area contributed by atoms with Crippen molar-refractivity contribution in [3.8, 4) is 0 Å². The van der Waals surface area contributed by atoms with Gasteiger partial charge in [-0.2, -0.15) is 0 Å². The molecule has 0 radical (unpaired) electrons. The highest BCUT2D eigenvalue weighted by atomic mass is 35.5. The summed E-state index contributed by atoms with van der Waals surface area (Å²) < 4.78 is 23.6. The lowest BCUT2D eigenvalue weighted by Crippen LogP contribution is -2.37. The summed E-state index contributed by atoms with van der Waals surface area (Å²) in [5, 5.41) is 0. The van der Waals surface area contributed by atoms with Crippen molar-refractivity contribution in [1.29, 1.82) is 0 Å². The number of hydrogen-bond acceptors (Lipinski definition) is 4. The van der Waals surface area contributed by atoms with E-state index >= 15 is 0 Å². The van der Waals surface area contributed by atoms with E-state index in [-0.39, 0.29) is 5.54 Å². The van der Waals surface area contributed by atoms with Crippen molar-refractivity contribution in [2.24, 2.45) is 0 Å². The fraction of sp³-hybridized carbons (Fsp3) is 1.00. The van der Waals surface area contributed by atoms with Gasteiger partial charge in [0.05, 0.1) is 27.3 Å². The summed E-state index contributed by atoms with van der Waals surface area (Å²) >= 11 is 5.61. The number of quaternary nitrogens is 1. The maximum absolute atomic E-state index is 12.3. The number of halogens is 1. The second kappa shape index (κ2) is 7.22. The lowest BCUT2D eigenvalue weighted by Gasteiger charge is -2.27. The molecule has 110 valence electrons. The molecule has 0 fully saturated rings. The van der Waals surface area contributed by atoms with E-state index in [4.69, 9.17) is 20.8 Å². The second-order valence-electron chi connectivity index (χ2n) is 6.09. The predicted molar refractivity (Wildman–Crippen MR) is 76.0 cm³/mol. The van der Waals surface area contributed by atoms with Crippen molar-refractivity contribution in [2.45, 2.75) is 25.8 Å². The van der Waals surface area contributed by atoms with E-state index < -0.39 is 7.60 Å². The standard InChI is InChI=1S/C11H27ClN2O3P/c1-11(2,13-12)7-10-18(15,16-6)17-9-8-14(3,4)5/h13H,7-10H2,1-6H3/q+1. The zero-order chi connectivity index (χ0) is 14.4. The van der Waals surface area contributed by atoms with Crippen molar-refractivity contribution in [3.63, 3.8) is 0 Å². The Morgan fingerprint density at radius 1 is 1.33 bits per heavy atom. The van der Waals surface area contributed by atoms with Crippen LogP contribution in [0, 0.1) is 0 Å². The van der Waals surface area contributed by atoms with Crippen molar-refractivity contribution in [1.82, 2.24) is 4.84 Å². The highest BCUT2D eigenvalue weighted by Crippen LogP contribution is 2.48. The third-order valence-electron chi connectivity index (χ3n) is 2.59. The van der Waals surface area contributed by atoms with Gasteiger partial charge in [0.15, 0.2) is 0 Å². The van der Waals surface area contributed by atoms with Crippen molar-refractivity contribution in [2.75, 3.05) is 47.6 Å². The molecule has 0 heterocycles. The summed E-state index contributed by atoms with van der Waals surface area (Å²) in [6, 6.07) is 0. The Bertz CT molecular complexity index is 293. The van der Waals surface area contributed by atoms with Crippen LogP contribution >= 0.6 is 19.4 Å². The summed E-state index contributed by atoms with van der Waals surface area (Å²) in [5.41, 5.74) is -0.292. The van der Waals surface area contributed by atoms with Gasteiger partial charge in [-0.3, -0.25) is 4.57 Å². The quantitative estimate of drug-likeness (QED) is 0.404. The van der Waals surface area contributed by atoms with Crippen molar-refractivity contribution in [3.05, 3.63) is 0 Å². The Hall–Kier alpha value is 0.360. The van der Waals surface area contributed by atoms with Gasteiger partial charge in [0.1, 0.15) is 13.2 Å². The van der Waals surface area contributed by atoms with Crippen LogP contribution in [0.15, 0.2) is 0 Å². The molecule has 0 aromatic carbocycles. The van der Waals surface area contributed by atoms with Crippen LogP contribution in [-0.2, 0) is 13.6 Å². The van der Waals surface area contributed by atoms with Crippen molar-refractivity contribution < 1.29 is 18.1 Å². The molecule has 0 saturated carbocycles. The molecule has 0 spiro atoms. The summed E-state index contributed by atoms with van der Waals surface area (Å²) in [5.74, 6) is 0. The number of hydrogen-bond donors (Lipinski definition) is 1. The smallest absolute Gasteiger partial charge is 0.329 e. The molecule has 0 amide bonds. The molecule has 5 nitrogen and oxygen atoms in total. The molecule has 18 heavy (non-hydrogen) atoms. The first-order valence-corrected chi connectivity index (χ1v) is 8.12. The maximum atomic E-state index is 12.3. The maximum Gasteiger partial charge on any atom is 0.330 e. The monoisotopic (exact) mass is 301 g/mol. The van der Waals surface area contributed by atoms with E-state index in [1.165, 1.54) is 7.11 Å². The molecule has 0 saturated heterocycles. The van der Waals surface area contributed by atoms with Gasteiger partial charge in [-0.25, -0.2) is 4.84 Å². The summed E-state index contributed by atoms with van der Waals surface area (Å²) in [6.07, 6.45) is 0.972. The molecule has 1 N–H and O–H groups in total. The minimum atomic E-state index is -3.00. The lowest BCUT2D eigenvalue weighted by atomic mass is 10.0. The summed E-state index contributed by atoms with van der Waals surface area (Å²) in [7, 11) is 4.59. The number of likely N-dealkylation sites (N-methyl/N-ethyl adjacent to an activating group) is 1. The first-order valence-electron chi connectivity index (χ1n) is 6.01. The van der Waals surface area contributed by atoms with Gasteiger partial charge in [-0.1, -0.05) is 0 Å². The molecule has 1 unspecified atom stereocenters. The third kappa shape index (κ3) is 8.46. The molecule has 1 atom stereocenters. The van der Waals surface area contributed by atoms with E-state index in [0.717, 1.165) is 11.0 Å². The van der Waals surface area contributed by atoms with Gasteiger partial charge in [-0.15, -0.1) is 0 Å². The normalized spacial score (nSPS) is 16.6. The number of nitrogens with zero attached hydrogens (tertiary/aromatic N) is 1. The first kappa shape index (κ1) is 18.4. The Labute approximate surface area is 116 Å². The Morgan fingerprint density at radius 2 is 1.89 bits per heavy atom. The summed E-state index contributed by atoms with van der Waals surface area (Å²) in [4.78, 5) is 2.66. The van der Waals surface area contributed by atoms with Crippen LogP contribution in [0.5, 0.6) is 0 Å². The van der Waals surface area contributed by atoms with Gasteiger partial charge in [0, 0.05) is 12.6 Å². The van der Waals surface area contributed by atoms with E-state index in [1.807, 2.05) is 13.8 Å². The first-order chi connectivity index (χ1) is 8.04. The van der Waals surface area contributed by atoms with Crippen LogP contribution < -0.4 is 4.84 Å². The number of nitrogens with one attached hydrogen (secondary N) is 1. The predicted octanol–water partition coefficient (Wildman–Crippen LogP) is 2.46. The van der Waals surface area contributed by atoms with Gasteiger partial charge in [0.25, 0.3) is 0 Å². The topological polar surface area (TPSA) is 47.6 Å². The summed E-state index contributed by atoms with van der Waals surface area (Å²) in [6.45, 7) is 5.08. The highest BCUT2D eigenvalue weighted by Gasteiger charge is 2.28. The SMILES string of the molecule is COP(=O)(CCC(C)(C)NCl)OCC[N+](C)(C)C. The van der Waals surface area contributed by atoms with Gasteiger partial charge in [0.2, 0.25) is 0 Å².